The predicted molar refractivity (Wildman–Crippen MR) is 133 cm³/mol. The van der Waals surface area contributed by atoms with Crippen molar-refractivity contribution >= 4 is 11.8 Å². The molecule has 0 unspecified atom stereocenters. The van der Waals surface area contributed by atoms with Crippen molar-refractivity contribution in [2.24, 2.45) is 5.92 Å². The number of hydrogen-bond acceptors (Lipinski definition) is 3. The molecule has 0 spiro atoms. The maximum atomic E-state index is 14.1. The van der Waals surface area contributed by atoms with Crippen LogP contribution in [0.2, 0.25) is 0 Å². The smallest absolute Gasteiger partial charge is 0.258 e. The van der Waals surface area contributed by atoms with Gasteiger partial charge in [-0.3, -0.25) is 9.59 Å². The van der Waals surface area contributed by atoms with Gasteiger partial charge in [0.2, 0.25) is 5.91 Å². The summed E-state index contributed by atoms with van der Waals surface area (Å²) in [5.74, 6) is -0.285. The molecule has 0 aromatic heterocycles. The van der Waals surface area contributed by atoms with Gasteiger partial charge in [0.15, 0.2) is 6.61 Å². The van der Waals surface area contributed by atoms with E-state index in [1.54, 1.807) is 24.3 Å². The summed E-state index contributed by atoms with van der Waals surface area (Å²) in [4.78, 5) is 27.2. The summed E-state index contributed by atoms with van der Waals surface area (Å²) in [5.41, 5.74) is 3.41. The Kier molecular flexibility index (Phi) is 7.98. The highest BCUT2D eigenvalue weighted by Crippen LogP contribution is 2.38. The molecule has 1 aliphatic heterocycles. The number of rotatable bonds is 8. The van der Waals surface area contributed by atoms with Gasteiger partial charge in [0.1, 0.15) is 17.4 Å². The van der Waals surface area contributed by atoms with Crippen molar-refractivity contribution in [2.75, 3.05) is 13.2 Å². The van der Waals surface area contributed by atoms with Gasteiger partial charge in [0, 0.05) is 19.5 Å². The second-order valence-corrected chi connectivity index (χ2v) is 9.45. The van der Waals surface area contributed by atoms with E-state index in [4.69, 9.17) is 4.74 Å². The fourth-order valence-corrected chi connectivity index (χ4v) is 4.46. The second-order valence-electron chi connectivity index (χ2n) is 9.45. The molecule has 3 aromatic rings. The molecule has 1 atom stereocenters. The number of carbonyl (C=O) groups is 2. The molecule has 0 fully saturated rings. The zero-order valence-electron chi connectivity index (χ0n) is 20.5. The van der Waals surface area contributed by atoms with Crippen molar-refractivity contribution in [3.63, 3.8) is 0 Å². The SMILES string of the molecule is CC(C)CC(=O)N1CCc2ccc(OCC(=O)NCc3ccc(F)cc3)cc2[C@@H]1c1cccc(F)c1. The van der Waals surface area contributed by atoms with E-state index in [9.17, 15) is 18.4 Å². The van der Waals surface area contributed by atoms with Crippen LogP contribution in [0.3, 0.4) is 0 Å². The number of benzene rings is 3. The van der Waals surface area contributed by atoms with Crippen LogP contribution in [0, 0.1) is 17.6 Å². The molecule has 36 heavy (non-hydrogen) atoms. The van der Waals surface area contributed by atoms with Crippen LogP contribution in [0.1, 0.15) is 48.6 Å². The molecule has 0 aliphatic carbocycles. The normalized spacial score (nSPS) is 14.9. The van der Waals surface area contributed by atoms with Crippen LogP contribution in [0.5, 0.6) is 5.75 Å². The third-order valence-electron chi connectivity index (χ3n) is 6.19. The highest BCUT2D eigenvalue weighted by molar-refractivity contribution is 5.78. The summed E-state index contributed by atoms with van der Waals surface area (Å²) in [5, 5.41) is 2.75. The van der Waals surface area contributed by atoms with E-state index in [0.29, 0.717) is 30.7 Å². The van der Waals surface area contributed by atoms with Gasteiger partial charge < -0.3 is 15.0 Å². The van der Waals surface area contributed by atoms with Gasteiger partial charge in [-0.1, -0.05) is 44.2 Å². The maximum absolute atomic E-state index is 14.1. The molecule has 4 rings (SSSR count). The maximum Gasteiger partial charge on any atom is 0.258 e. The lowest BCUT2D eigenvalue weighted by Crippen LogP contribution is -2.41. The molecule has 5 nitrogen and oxygen atoms in total. The fraction of sp³-hybridized carbons (Fsp3) is 0.310. The highest BCUT2D eigenvalue weighted by Gasteiger charge is 2.32. The summed E-state index contributed by atoms with van der Waals surface area (Å²) < 4.78 is 33.0. The van der Waals surface area contributed by atoms with E-state index in [1.807, 2.05) is 36.9 Å². The molecule has 1 heterocycles. The number of nitrogens with zero attached hydrogens (tertiary/aromatic N) is 1. The molecule has 1 N–H and O–H groups in total. The molecule has 188 valence electrons. The summed E-state index contributed by atoms with van der Waals surface area (Å²) in [6.45, 7) is 4.62. The zero-order valence-corrected chi connectivity index (χ0v) is 20.5. The van der Waals surface area contributed by atoms with Crippen molar-refractivity contribution in [2.45, 2.75) is 39.3 Å². The first-order valence-electron chi connectivity index (χ1n) is 12.1. The van der Waals surface area contributed by atoms with Crippen LogP contribution in [0.15, 0.2) is 66.7 Å². The Morgan fingerprint density at radius 2 is 1.81 bits per heavy atom. The van der Waals surface area contributed by atoms with Crippen LogP contribution in [0.25, 0.3) is 0 Å². The number of ether oxygens (including phenoxy) is 1. The molecular weight excluding hydrogens is 462 g/mol. The summed E-state index contributed by atoms with van der Waals surface area (Å²) in [6, 6.07) is 17.4. The lowest BCUT2D eigenvalue weighted by molar-refractivity contribution is -0.134. The van der Waals surface area contributed by atoms with E-state index in [-0.39, 0.29) is 42.5 Å². The van der Waals surface area contributed by atoms with Gasteiger partial charge in [0.25, 0.3) is 5.91 Å². The van der Waals surface area contributed by atoms with E-state index in [2.05, 4.69) is 5.32 Å². The summed E-state index contributed by atoms with van der Waals surface area (Å²) >= 11 is 0. The van der Waals surface area contributed by atoms with E-state index < -0.39 is 6.04 Å². The molecule has 0 radical (unpaired) electrons. The van der Waals surface area contributed by atoms with Crippen molar-refractivity contribution in [3.8, 4) is 5.75 Å². The quantitative estimate of drug-likeness (QED) is 0.472. The molecular formula is C29H30F2N2O3. The van der Waals surface area contributed by atoms with Crippen molar-refractivity contribution < 1.29 is 23.1 Å². The van der Waals surface area contributed by atoms with Crippen LogP contribution in [-0.4, -0.2) is 29.9 Å². The van der Waals surface area contributed by atoms with Gasteiger partial charge in [0.05, 0.1) is 6.04 Å². The molecule has 0 saturated carbocycles. The topological polar surface area (TPSA) is 58.6 Å². The Morgan fingerprint density at radius 3 is 2.53 bits per heavy atom. The Balaban J connectivity index is 1.51. The van der Waals surface area contributed by atoms with Gasteiger partial charge in [-0.25, -0.2) is 8.78 Å². The third-order valence-corrected chi connectivity index (χ3v) is 6.19. The standard InChI is InChI=1S/C29H30F2N2O3/c1-19(2)14-28(35)33-13-12-21-8-11-25(16-26(21)29(33)22-4-3-5-24(31)15-22)36-18-27(34)32-17-20-6-9-23(30)10-7-20/h3-11,15-16,19,29H,12-14,17-18H2,1-2H3,(H,32,34)/t29-/m0/s1. The zero-order chi connectivity index (χ0) is 25.7. The van der Waals surface area contributed by atoms with E-state index >= 15 is 0 Å². The molecule has 0 saturated heterocycles. The average molecular weight is 493 g/mol. The minimum Gasteiger partial charge on any atom is -0.484 e. The first kappa shape index (κ1) is 25.4. The first-order chi connectivity index (χ1) is 17.3. The van der Waals surface area contributed by atoms with Crippen molar-refractivity contribution in [1.82, 2.24) is 10.2 Å². The van der Waals surface area contributed by atoms with Crippen molar-refractivity contribution in [3.05, 3.63) is 101 Å². The molecule has 7 heteroatoms. The number of fused-ring (bicyclic) bond motifs is 1. The predicted octanol–water partition coefficient (Wildman–Crippen LogP) is 5.18. The van der Waals surface area contributed by atoms with Gasteiger partial charge in [-0.05, 0) is 71.0 Å². The van der Waals surface area contributed by atoms with Gasteiger partial charge in [-0.2, -0.15) is 0 Å². The Morgan fingerprint density at radius 1 is 1.03 bits per heavy atom. The summed E-state index contributed by atoms with van der Waals surface area (Å²) in [6.07, 6.45) is 1.09. The Labute approximate surface area is 210 Å². The number of hydrogen-bond donors (Lipinski definition) is 1. The van der Waals surface area contributed by atoms with Crippen LogP contribution in [-0.2, 0) is 22.6 Å². The van der Waals surface area contributed by atoms with Gasteiger partial charge in [-0.15, -0.1) is 0 Å². The molecule has 1 aliphatic rings. The first-order valence-corrected chi connectivity index (χ1v) is 12.1. The Hall–Kier alpha value is -3.74. The van der Waals surface area contributed by atoms with E-state index in [1.165, 1.54) is 24.3 Å². The third kappa shape index (κ3) is 6.27. The number of nitrogens with one attached hydrogen (secondary N) is 1. The number of carbonyl (C=O) groups excluding carboxylic acids is 2. The summed E-state index contributed by atoms with van der Waals surface area (Å²) in [7, 11) is 0. The minimum atomic E-state index is -0.438. The van der Waals surface area contributed by atoms with Crippen LogP contribution in [0.4, 0.5) is 8.78 Å². The van der Waals surface area contributed by atoms with Crippen LogP contribution < -0.4 is 10.1 Å². The monoisotopic (exact) mass is 492 g/mol. The number of amides is 2. The van der Waals surface area contributed by atoms with E-state index in [0.717, 1.165) is 16.7 Å². The van der Waals surface area contributed by atoms with Gasteiger partial charge >= 0.3 is 0 Å². The fourth-order valence-electron chi connectivity index (χ4n) is 4.46. The van der Waals surface area contributed by atoms with Crippen molar-refractivity contribution in [1.29, 1.82) is 0 Å². The largest absolute Gasteiger partial charge is 0.484 e. The second kappa shape index (κ2) is 11.3. The minimum absolute atomic E-state index is 0.0244. The average Bonchev–Trinajstić information content (AvgIpc) is 2.85. The van der Waals surface area contributed by atoms with Crippen LogP contribution >= 0.6 is 0 Å². The number of halogens is 2. The molecule has 3 aromatic carbocycles. The molecule has 0 bridgehead atoms. The Bertz CT molecular complexity index is 1230. The molecule has 2 amide bonds. The highest BCUT2D eigenvalue weighted by atomic mass is 19.1. The lowest BCUT2D eigenvalue weighted by atomic mass is 9.87. The lowest BCUT2D eigenvalue weighted by Gasteiger charge is -2.38.